The van der Waals surface area contributed by atoms with Crippen molar-refractivity contribution < 1.29 is 24.2 Å². The van der Waals surface area contributed by atoms with E-state index in [1.165, 1.54) is 4.90 Å². The number of H-pyrrole nitrogens is 1. The van der Waals surface area contributed by atoms with Crippen molar-refractivity contribution in [2.45, 2.75) is 12.5 Å². The number of aliphatic carboxylic acids is 1. The van der Waals surface area contributed by atoms with Crippen molar-refractivity contribution in [3.63, 3.8) is 0 Å². The molecule has 0 unspecified atom stereocenters. The third-order valence-electron chi connectivity index (χ3n) is 7.41. The number of nitrogens with zero attached hydrogens (tertiary/aromatic N) is 2. The maximum absolute atomic E-state index is 13.7. The van der Waals surface area contributed by atoms with Crippen molar-refractivity contribution in [3.05, 3.63) is 137 Å². The standard InChI is InChI=1S/C35H28N4O5/c1-44-31-14-8-5-11-24(31)19-29-34(41)39(32(37-29)22-9-3-2-4-10-22)26-17-15-23(16-18-26)33(40)38-30(35(42)43)20-25-21-36-28-13-7-6-12-27(25)28/h2-19,21,30,36H,20H2,1H3,(H,38,40)(H,42,43)/b29-19-/t30-/m0/s1. The van der Waals surface area contributed by atoms with Crippen LogP contribution in [-0.4, -0.2) is 46.9 Å². The van der Waals surface area contributed by atoms with E-state index in [9.17, 15) is 19.5 Å². The van der Waals surface area contributed by atoms with Gasteiger partial charge in [0.1, 0.15) is 23.3 Å². The lowest BCUT2D eigenvalue weighted by Gasteiger charge is -2.19. The van der Waals surface area contributed by atoms with Crippen LogP contribution in [0.2, 0.25) is 0 Å². The minimum absolute atomic E-state index is 0.115. The van der Waals surface area contributed by atoms with Gasteiger partial charge in [-0.2, -0.15) is 0 Å². The Labute approximate surface area is 253 Å². The maximum atomic E-state index is 13.7. The van der Waals surface area contributed by atoms with E-state index in [-0.39, 0.29) is 23.6 Å². The molecule has 1 aromatic heterocycles. The number of aliphatic imine (C=N–C) groups is 1. The Morgan fingerprint density at radius 2 is 1.66 bits per heavy atom. The SMILES string of the molecule is COc1ccccc1/C=C1\N=C(c2ccccc2)N(c2ccc(C(=O)N[C@@H](Cc3c[nH]c4ccccc34)C(=O)O)cc2)C1=O. The second-order valence-electron chi connectivity index (χ2n) is 10.2. The van der Waals surface area contributed by atoms with Crippen molar-refractivity contribution in [1.82, 2.24) is 10.3 Å². The van der Waals surface area contributed by atoms with Crippen molar-refractivity contribution in [3.8, 4) is 5.75 Å². The van der Waals surface area contributed by atoms with Gasteiger partial charge in [-0.15, -0.1) is 0 Å². The molecule has 9 nitrogen and oxygen atoms in total. The zero-order valence-corrected chi connectivity index (χ0v) is 23.7. The van der Waals surface area contributed by atoms with E-state index < -0.39 is 17.9 Å². The molecule has 3 N–H and O–H groups in total. The molecule has 0 saturated carbocycles. The molecule has 44 heavy (non-hydrogen) atoms. The zero-order chi connectivity index (χ0) is 30.6. The normalized spacial score (nSPS) is 14.5. The number of aromatic nitrogens is 1. The highest BCUT2D eigenvalue weighted by atomic mass is 16.5. The van der Waals surface area contributed by atoms with Crippen LogP contribution in [0.1, 0.15) is 27.0 Å². The van der Waals surface area contributed by atoms with E-state index in [2.05, 4.69) is 10.3 Å². The molecule has 0 saturated heterocycles. The minimum atomic E-state index is -1.14. The Morgan fingerprint density at radius 1 is 0.955 bits per heavy atom. The van der Waals surface area contributed by atoms with E-state index >= 15 is 0 Å². The number of rotatable bonds is 9. The Bertz CT molecular complexity index is 1930. The molecule has 6 rings (SSSR count). The number of para-hydroxylation sites is 2. The number of nitrogens with one attached hydrogen (secondary N) is 2. The van der Waals surface area contributed by atoms with Gasteiger partial charge in [0.2, 0.25) is 0 Å². The first kappa shape index (κ1) is 28.2. The van der Waals surface area contributed by atoms with Crippen molar-refractivity contribution in [2.75, 3.05) is 12.0 Å². The van der Waals surface area contributed by atoms with Gasteiger partial charge in [-0.25, -0.2) is 9.79 Å². The zero-order valence-electron chi connectivity index (χ0n) is 23.7. The minimum Gasteiger partial charge on any atom is -0.496 e. The van der Waals surface area contributed by atoms with Crippen LogP contribution in [0, 0.1) is 0 Å². The van der Waals surface area contributed by atoms with Crippen LogP contribution in [0.4, 0.5) is 5.69 Å². The fourth-order valence-electron chi connectivity index (χ4n) is 5.19. The molecule has 2 amide bonds. The highest BCUT2D eigenvalue weighted by molar-refractivity contribution is 6.33. The summed E-state index contributed by atoms with van der Waals surface area (Å²) in [6, 6.07) is 29.6. The number of carbonyl (C=O) groups excluding carboxylic acids is 2. The van der Waals surface area contributed by atoms with Crippen LogP contribution in [0.3, 0.4) is 0 Å². The number of carbonyl (C=O) groups is 3. The lowest BCUT2D eigenvalue weighted by atomic mass is 10.0. The van der Waals surface area contributed by atoms with Gasteiger partial charge in [-0.3, -0.25) is 14.5 Å². The molecule has 2 heterocycles. The summed E-state index contributed by atoms with van der Waals surface area (Å²) in [7, 11) is 1.57. The summed E-state index contributed by atoms with van der Waals surface area (Å²) in [6.45, 7) is 0. The van der Waals surface area contributed by atoms with Crippen molar-refractivity contribution in [1.29, 1.82) is 0 Å². The number of anilines is 1. The smallest absolute Gasteiger partial charge is 0.326 e. The summed E-state index contributed by atoms with van der Waals surface area (Å²) in [5, 5.41) is 13.4. The second kappa shape index (κ2) is 12.1. The van der Waals surface area contributed by atoms with Crippen LogP contribution in [0.25, 0.3) is 17.0 Å². The van der Waals surface area contributed by atoms with Crippen LogP contribution < -0.4 is 15.0 Å². The average Bonchev–Trinajstić information content (AvgIpc) is 3.61. The summed E-state index contributed by atoms with van der Waals surface area (Å²) in [6.07, 6.45) is 3.56. The molecule has 5 aromatic rings. The van der Waals surface area contributed by atoms with Crippen LogP contribution in [-0.2, 0) is 16.0 Å². The highest BCUT2D eigenvalue weighted by Gasteiger charge is 2.33. The summed E-state index contributed by atoms with van der Waals surface area (Å²) in [4.78, 5) is 48.3. The Kier molecular flexibility index (Phi) is 7.75. The number of fused-ring (bicyclic) bond motifs is 1. The number of hydrogen-bond donors (Lipinski definition) is 3. The number of methoxy groups -OCH3 is 1. The first-order chi connectivity index (χ1) is 21.4. The molecule has 0 bridgehead atoms. The Hall–Kier alpha value is -5.96. The van der Waals surface area contributed by atoms with E-state index in [1.54, 1.807) is 43.6 Å². The molecule has 0 aliphatic carbocycles. The van der Waals surface area contributed by atoms with Gasteiger partial charge < -0.3 is 20.1 Å². The second-order valence-corrected chi connectivity index (χ2v) is 10.2. The van der Waals surface area contributed by atoms with Crippen LogP contribution in [0.5, 0.6) is 5.75 Å². The molecule has 0 spiro atoms. The first-order valence-electron chi connectivity index (χ1n) is 13.9. The fourth-order valence-corrected chi connectivity index (χ4v) is 5.19. The third kappa shape index (κ3) is 5.58. The number of ether oxygens (including phenoxy) is 1. The Morgan fingerprint density at radius 3 is 2.41 bits per heavy atom. The molecule has 9 heteroatoms. The third-order valence-corrected chi connectivity index (χ3v) is 7.41. The highest BCUT2D eigenvalue weighted by Crippen LogP contribution is 2.30. The molecular weight excluding hydrogens is 556 g/mol. The Balaban J connectivity index is 1.25. The lowest BCUT2D eigenvalue weighted by molar-refractivity contribution is -0.139. The molecule has 218 valence electrons. The predicted octanol–water partition coefficient (Wildman–Crippen LogP) is 5.44. The van der Waals surface area contributed by atoms with Gasteiger partial charge in [0.05, 0.1) is 12.8 Å². The fraction of sp³-hybridized carbons (Fsp3) is 0.0857. The van der Waals surface area contributed by atoms with Crippen molar-refractivity contribution in [2.24, 2.45) is 4.99 Å². The number of amides is 2. The molecule has 0 radical (unpaired) electrons. The van der Waals surface area contributed by atoms with Gasteiger partial charge in [0.25, 0.3) is 11.8 Å². The quantitative estimate of drug-likeness (QED) is 0.199. The average molecular weight is 585 g/mol. The molecule has 0 fully saturated rings. The lowest BCUT2D eigenvalue weighted by Crippen LogP contribution is -2.42. The van der Waals surface area contributed by atoms with Gasteiger partial charge in [-0.1, -0.05) is 66.7 Å². The van der Waals surface area contributed by atoms with E-state index in [0.29, 0.717) is 22.8 Å². The monoisotopic (exact) mass is 584 g/mol. The van der Waals surface area contributed by atoms with Gasteiger partial charge in [0.15, 0.2) is 0 Å². The van der Waals surface area contributed by atoms with Gasteiger partial charge in [-0.05, 0) is 48.0 Å². The molecule has 1 aliphatic rings. The summed E-state index contributed by atoms with van der Waals surface area (Å²) in [5.74, 6) is -0.955. The van der Waals surface area contributed by atoms with E-state index in [0.717, 1.165) is 22.0 Å². The number of benzene rings is 4. The first-order valence-corrected chi connectivity index (χ1v) is 13.9. The largest absolute Gasteiger partial charge is 0.496 e. The predicted molar refractivity (Wildman–Crippen MR) is 169 cm³/mol. The number of amidine groups is 1. The molecule has 1 aliphatic heterocycles. The van der Waals surface area contributed by atoms with E-state index in [1.807, 2.05) is 78.9 Å². The van der Waals surface area contributed by atoms with Crippen LogP contribution >= 0.6 is 0 Å². The molecule has 4 aromatic carbocycles. The van der Waals surface area contributed by atoms with E-state index in [4.69, 9.17) is 9.73 Å². The molecular formula is C35H28N4O5. The summed E-state index contributed by atoms with van der Waals surface area (Å²) < 4.78 is 5.45. The van der Waals surface area contributed by atoms with Crippen molar-refractivity contribution >= 4 is 46.3 Å². The number of aromatic amines is 1. The number of carboxylic acids is 1. The summed E-state index contributed by atoms with van der Waals surface area (Å²) in [5.41, 5.74) is 4.14. The van der Waals surface area contributed by atoms with Crippen LogP contribution in [0.15, 0.2) is 120 Å². The topological polar surface area (TPSA) is 124 Å². The van der Waals surface area contributed by atoms with Gasteiger partial charge >= 0.3 is 5.97 Å². The van der Waals surface area contributed by atoms with Gasteiger partial charge in [0, 0.05) is 40.2 Å². The molecule has 1 atom stereocenters. The maximum Gasteiger partial charge on any atom is 0.326 e. The number of carboxylic acid groups (broad SMARTS) is 1. The number of hydrogen-bond acceptors (Lipinski definition) is 5. The summed E-state index contributed by atoms with van der Waals surface area (Å²) >= 11 is 0.